The van der Waals surface area contributed by atoms with Crippen LogP contribution >= 0.6 is 11.6 Å². The molecule has 0 spiro atoms. The Morgan fingerprint density at radius 2 is 2.31 bits per heavy atom. The van der Waals surface area contributed by atoms with Crippen LogP contribution in [0, 0.1) is 0 Å². The Balaban J connectivity index is 2.66. The summed E-state index contributed by atoms with van der Waals surface area (Å²) in [6, 6.07) is 4.37. The molecule has 0 amide bonds. The van der Waals surface area contributed by atoms with Gasteiger partial charge in [-0.25, -0.2) is 4.79 Å². The lowest BCUT2D eigenvalue weighted by atomic mass is 10.0. The second kappa shape index (κ2) is 4.23. The summed E-state index contributed by atoms with van der Waals surface area (Å²) in [5, 5.41) is 11.1. The highest BCUT2D eigenvalue weighted by atomic mass is 35.5. The molecule has 0 aliphatic carbocycles. The number of aliphatic carboxylic acids is 1. The van der Waals surface area contributed by atoms with Gasteiger partial charge in [0.1, 0.15) is 0 Å². The number of nitrogens with zero attached hydrogens (tertiary/aromatic N) is 1. The van der Waals surface area contributed by atoms with Gasteiger partial charge in [-0.2, -0.15) is 0 Å². The van der Waals surface area contributed by atoms with E-state index in [0.717, 1.165) is 10.8 Å². The van der Waals surface area contributed by atoms with E-state index in [9.17, 15) is 4.79 Å². The van der Waals surface area contributed by atoms with E-state index in [2.05, 4.69) is 4.99 Å². The van der Waals surface area contributed by atoms with Crippen molar-refractivity contribution in [1.29, 1.82) is 0 Å². The Bertz CT molecular complexity index is 554. The average Bonchev–Trinajstić information content (AvgIpc) is 2.58. The lowest BCUT2D eigenvalue weighted by molar-refractivity contribution is -0.137. The van der Waals surface area contributed by atoms with Gasteiger partial charge in [-0.15, -0.1) is 0 Å². The standard InChI is InChI=1S/C11H11ClN2O2/c12-6-1-2-9-8(5-6)7(3-4-13)10(14-9)11(15)16/h1-2,5,10H,3-4,13H2,(H,15,16)/t10-/m0/s1. The molecule has 0 aromatic heterocycles. The van der Waals surface area contributed by atoms with Crippen molar-refractivity contribution in [2.75, 3.05) is 6.54 Å². The third-order valence-electron chi connectivity index (χ3n) is 2.55. The van der Waals surface area contributed by atoms with Crippen LogP contribution in [0.5, 0.6) is 0 Å². The van der Waals surface area contributed by atoms with Gasteiger partial charge in [0.2, 0.25) is 0 Å². The molecule has 84 valence electrons. The molecule has 0 saturated carbocycles. The van der Waals surface area contributed by atoms with Gasteiger partial charge in [0.15, 0.2) is 6.04 Å². The number of rotatable bonds is 3. The van der Waals surface area contributed by atoms with Crippen molar-refractivity contribution in [3.63, 3.8) is 0 Å². The van der Waals surface area contributed by atoms with E-state index in [4.69, 9.17) is 22.4 Å². The first-order valence-electron chi connectivity index (χ1n) is 4.93. The predicted octanol–water partition coefficient (Wildman–Crippen LogP) is -0.0741. The van der Waals surface area contributed by atoms with Crippen LogP contribution in [0.1, 0.15) is 6.42 Å². The van der Waals surface area contributed by atoms with Crippen LogP contribution < -0.4 is 16.3 Å². The Hall–Kier alpha value is -1.39. The molecule has 0 saturated heterocycles. The molecule has 0 fully saturated rings. The zero-order chi connectivity index (χ0) is 11.7. The van der Waals surface area contributed by atoms with Crippen LogP contribution in [-0.2, 0) is 4.79 Å². The van der Waals surface area contributed by atoms with E-state index in [1.54, 1.807) is 18.2 Å². The summed E-state index contributed by atoms with van der Waals surface area (Å²) in [6.45, 7) is 0.403. The van der Waals surface area contributed by atoms with Crippen molar-refractivity contribution in [3.05, 3.63) is 33.8 Å². The SMILES string of the molecule is NCCC1=c2cc(Cl)ccc2=N[C@@H]1C(=O)O. The normalized spacial score (nSPS) is 18.1. The Kier molecular flexibility index (Phi) is 2.94. The summed E-state index contributed by atoms with van der Waals surface area (Å²) in [5.74, 6) is -0.948. The molecule has 1 atom stereocenters. The molecule has 0 radical (unpaired) electrons. The molecule has 0 unspecified atom stereocenters. The van der Waals surface area contributed by atoms with Crippen molar-refractivity contribution in [2.45, 2.75) is 12.5 Å². The fraction of sp³-hybridized carbons (Fsp3) is 0.273. The van der Waals surface area contributed by atoms with Crippen molar-refractivity contribution in [2.24, 2.45) is 10.7 Å². The van der Waals surface area contributed by atoms with E-state index in [1.807, 2.05) is 0 Å². The van der Waals surface area contributed by atoms with Gasteiger partial charge in [0, 0.05) is 10.2 Å². The molecular weight excluding hydrogens is 228 g/mol. The van der Waals surface area contributed by atoms with E-state index in [1.165, 1.54) is 0 Å². The van der Waals surface area contributed by atoms with Gasteiger partial charge in [-0.3, -0.25) is 4.99 Å². The van der Waals surface area contributed by atoms with Crippen LogP contribution in [0.4, 0.5) is 0 Å². The molecule has 1 aliphatic rings. The summed E-state index contributed by atoms with van der Waals surface area (Å²) in [6.07, 6.45) is 0.522. The summed E-state index contributed by atoms with van der Waals surface area (Å²) in [5.41, 5.74) is 6.22. The molecule has 4 nitrogen and oxygen atoms in total. The zero-order valence-corrected chi connectivity index (χ0v) is 9.24. The number of halogens is 1. The largest absolute Gasteiger partial charge is 0.479 e. The Morgan fingerprint density at radius 1 is 1.56 bits per heavy atom. The molecule has 3 N–H and O–H groups in total. The van der Waals surface area contributed by atoms with Crippen LogP contribution in [-0.4, -0.2) is 23.7 Å². The monoisotopic (exact) mass is 238 g/mol. The molecule has 0 bridgehead atoms. The first-order chi connectivity index (χ1) is 7.63. The summed E-state index contributed by atoms with van der Waals surface area (Å²) < 4.78 is 0. The number of carboxylic acids is 1. The third-order valence-corrected chi connectivity index (χ3v) is 2.79. The van der Waals surface area contributed by atoms with Gasteiger partial charge in [0.05, 0.1) is 5.36 Å². The van der Waals surface area contributed by atoms with Crippen molar-refractivity contribution < 1.29 is 9.90 Å². The van der Waals surface area contributed by atoms with Gasteiger partial charge in [-0.1, -0.05) is 11.6 Å². The lowest BCUT2D eigenvalue weighted by Gasteiger charge is -2.06. The maximum Gasteiger partial charge on any atom is 0.332 e. The zero-order valence-electron chi connectivity index (χ0n) is 8.48. The van der Waals surface area contributed by atoms with E-state index >= 15 is 0 Å². The molecule has 2 rings (SSSR count). The lowest BCUT2D eigenvalue weighted by Crippen LogP contribution is -2.25. The van der Waals surface area contributed by atoms with Gasteiger partial charge in [-0.05, 0) is 36.7 Å². The topological polar surface area (TPSA) is 75.7 Å². The Labute approximate surface area is 97.1 Å². The number of benzene rings is 1. The van der Waals surface area contributed by atoms with Gasteiger partial charge in [0.25, 0.3) is 0 Å². The maximum atomic E-state index is 11.1. The van der Waals surface area contributed by atoms with Crippen LogP contribution in [0.25, 0.3) is 5.57 Å². The first kappa shape index (κ1) is 11.1. The predicted molar refractivity (Wildman–Crippen MR) is 60.7 cm³/mol. The van der Waals surface area contributed by atoms with Crippen LogP contribution in [0.2, 0.25) is 5.02 Å². The fourth-order valence-electron chi connectivity index (χ4n) is 1.87. The summed E-state index contributed by atoms with van der Waals surface area (Å²) in [4.78, 5) is 15.2. The fourth-order valence-corrected chi connectivity index (χ4v) is 2.05. The molecule has 16 heavy (non-hydrogen) atoms. The van der Waals surface area contributed by atoms with E-state index in [-0.39, 0.29) is 0 Å². The number of carbonyl (C=O) groups is 1. The highest BCUT2D eigenvalue weighted by Gasteiger charge is 2.25. The highest BCUT2D eigenvalue weighted by Crippen LogP contribution is 2.14. The molecule has 1 aromatic rings. The second-order valence-corrected chi connectivity index (χ2v) is 4.03. The highest BCUT2D eigenvalue weighted by molar-refractivity contribution is 6.30. The van der Waals surface area contributed by atoms with Crippen LogP contribution in [0.3, 0.4) is 0 Å². The maximum absolute atomic E-state index is 11.1. The first-order valence-corrected chi connectivity index (χ1v) is 5.30. The number of nitrogens with two attached hydrogens (primary N) is 1. The minimum absolute atomic E-state index is 0.403. The van der Waals surface area contributed by atoms with E-state index < -0.39 is 12.0 Å². The summed E-state index contributed by atoms with van der Waals surface area (Å²) in [7, 11) is 0. The van der Waals surface area contributed by atoms with Gasteiger partial charge < -0.3 is 10.8 Å². The molecule has 1 aliphatic heterocycles. The third kappa shape index (κ3) is 1.81. The quantitative estimate of drug-likeness (QED) is 0.774. The number of hydrogen-bond donors (Lipinski definition) is 2. The molecule has 5 heteroatoms. The average molecular weight is 239 g/mol. The Morgan fingerprint density at radius 3 is 2.94 bits per heavy atom. The van der Waals surface area contributed by atoms with Crippen molar-refractivity contribution in [1.82, 2.24) is 0 Å². The molecule has 1 aromatic carbocycles. The second-order valence-electron chi connectivity index (χ2n) is 3.60. The summed E-state index contributed by atoms with van der Waals surface area (Å²) >= 11 is 5.88. The number of carboxylic acid groups (broad SMARTS) is 1. The number of hydrogen-bond acceptors (Lipinski definition) is 3. The van der Waals surface area contributed by atoms with Crippen molar-refractivity contribution in [3.8, 4) is 0 Å². The molecular formula is C11H11ClN2O2. The van der Waals surface area contributed by atoms with E-state index in [0.29, 0.717) is 23.3 Å². The minimum Gasteiger partial charge on any atom is -0.479 e. The van der Waals surface area contributed by atoms with Crippen molar-refractivity contribution >= 4 is 23.1 Å². The minimum atomic E-state index is -0.948. The molecule has 1 heterocycles. The smallest absolute Gasteiger partial charge is 0.332 e. The number of fused-ring (bicyclic) bond motifs is 1. The van der Waals surface area contributed by atoms with Gasteiger partial charge >= 0.3 is 5.97 Å². The van der Waals surface area contributed by atoms with Crippen LogP contribution in [0.15, 0.2) is 23.2 Å².